The lowest BCUT2D eigenvalue weighted by Crippen LogP contribution is -2.01. The third-order valence-electron chi connectivity index (χ3n) is 10.5. The van der Waals surface area contributed by atoms with Crippen molar-refractivity contribution in [2.24, 2.45) is 0 Å². The molecule has 0 atom stereocenters. The highest BCUT2D eigenvalue weighted by atomic mass is 16.3. The predicted octanol–water partition coefficient (Wildman–Crippen LogP) is 12.9. The average Bonchev–Trinajstić information content (AvgIpc) is 3.79. The molecule has 3 aromatic heterocycles. The molecular weight excluding hydrogens is 661 g/mol. The van der Waals surface area contributed by atoms with Gasteiger partial charge in [0.1, 0.15) is 5.58 Å². The molecule has 54 heavy (non-hydrogen) atoms. The third kappa shape index (κ3) is 5.53. The topological polar surface area (TPSA) is 56.7 Å². The Morgan fingerprint density at radius 1 is 0.481 bits per heavy atom. The molecule has 0 saturated carbocycles. The maximum atomic E-state index is 6.58. The molecule has 0 aliphatic heterocycles. The fraction of sp³-hybridized carbons (Fsp3) is 0.0816. The SMILES string of the molecule is CCCCc1ccc(-c2nc(-c3ccc(-n4c5ccccc5c5ccc6c7ccccc7oc6c54)cc3)nc(-c3cccc(-c4ccccc4)c3)n2)cc1. The van der Waals surface area contributed by atoms with Crippen molar-refractivity contribution >= 4 is 43.7 Å². The Balaban J connectivity index is 1.11. The van der Waals surface area contributed by atoms with Crippen molar-refractivity contribution in [1.29, 1.82) is 0 Å². The van der Waals surface area contributed by atoms with Gasteiger partial charge < -0.3 is 8.98 Å². The Morgan fingerprint density at radius 2 is 1.09 bits per heavy atom. The van der Waals surface area contributed by atoms with Gasteiger partial charge in [-0.3, -0.25) is 0 Å². The molecule has 0 fully saturated rings. The van der Waals surface area contributed by atoms with E-state index in [2.05, 4.69) is 157 Å². The lowest BCUT2D eigenvalue weighted by Gasteiger charge is -2.11. The standard InChI is InChI=1S/C49H36N4O/c1-2-3-12-32-21-23-34(24-22-32)47-50-48(52-49(51-47)37-16-11-15-36(31-37)33-13-5-4-6-14-33)35-25-27-38(28-26-35)53-43-19-9-7-17-39(43)41-29-30-42-40-18-8-10-20-44(40)54-46(42)45(41)53/h4-11,13-31H,2-3,12H2,1H3. The number of hydrogen-bond acceptors (Lipinski definition) is 4. The van der Waals surface area contributed by atoms with Gasteiger partial charge in [-0.15, -0.1) is 0 Å². The van der Waals surface area contributed by atoms with E-state index in [1.54, 1.807) is 0 Å². The number of rotatable bonds is 8. The van der Waals surface area contributed by atoms with Gasteiger partial charge in [-0.2, -0.15) is 0 Å². The van der Waals surface area contributed by atoms with Gasteiger partial charge in [0.05, 0.1) is 11.0 Å². The van der Waals surface area contributed by atoms with E-state index in [9.17, 15) is 0 Å². The second-order valence-electron chi connectivity index (χ2n) is 13.9. The van der Waals surface area contributed by atoms with Gasteiger partial charge in [0.2, 0.25) is 0 Å². The maximum Gasteiger partial charge on any atom is 0.164 e. The van der Waals surface area contributed by atoms with E-state index >= 15 is 0 Å². The maximum absolute atomic E-state index is 6.58. The first-order chi connectivity index (χ1) is 26.7. The van der Waals surface area contributed by atoms with Crippen LogP contribution < -0.4 is 0 Å². The molecule has 10 aromatic rings. The molecule has 0 N–H and O–H groups in total. The van der Waals surface area contributed by atoms with Gasteiger partial charge >= 0.3 is 0 Å². The van der Waals surface area contributed by atoms with Crippen LogP contribution in [0.4, 0.5) is 0 Å². The number of aryl methyl sites for hydroxylation is 1. The molecule has 0 aliphatic carbocycles. The van der Waals surface area contributed by atoms with E-state index in [1.807, 2.05) is 18.2 Å². The number of furan rings is 1. The van der Waals surface area contributed by atoms with E-state index < -0.39 is 0 Å². The van der Waals surface area contributed by atoms with Crippen LogP contribution >= 0.6 is 0 Å². The van der Waals surface area contributed by atoms with Crippen LogP contribution in [0.1, 0.15) is 25.3 Å². The molecule has 5 heteroatoms. The van der Waals surface area contributed by atoms with Gasteiger partial charge in [0.25, 0.3) is 0 Å². The van der Waals surface area contributed by atoms with E-state index in [4.69, 9.17) is 19.4 Å². The summed E-state index contributed by atoms with van der Waals surface area (Å²) >= 11 is 0. The molecule has 5 nitrogen and oxygen atoms in total. The quantitative estimate of drug-likeness (QED) is 0.159. The van der Waals surface area contributed by atoms with Crippen LogP contribution in [0.15, 0.2) is 168 Å². The number of fused-ring (bicyclic) bond motifs is 7. The summed E-state index contributed by atoms with van der Waals surface area (Å²) in [5, 5.41) is 4.57. The molecule has 10 rings (SSSR count). The minimum Gasteiger partial charge on any atom is -0.454 e. The van der Waals surface area contributed by atoms with E-state index in [-0.39, 0.29) is 0 Å². The Bertz CT molecular complexity index is 2960. The van der Waals surface area contributed by atoms with Crippen molar-refractivity contribution in [3.8, 4) is 51.0 Å². The van der Waals surface area contributed by atoms with E-state index in [1.165, 1.54) is 23.8 Å². The van der Waals surface area contributed by atoms with Crippen molar-refractivity contribution in [1.82, 2.24) is 19.5 Å². The zero-order valence-electron chi connectivity index (χ0n) is 29.9. The Morgan fingerprint density at radius 3 is 1.85 bits per heavy atom. The van der Waals surface area contributed by atoms with Crippen LogP contribution in [0, 0.1) is 0 Å². The molecule has 7 aromatic carbocycles. The van der Waals surface area contributed by atoms with Crippen molar-refractivity contribution < 1.29 is 4.42 Å². The Labute approximate surface area is 313 Å². The summed E-state index contributed by atoms with van der Waals surface area (Å²) in [5.74, 6) is 1.92. The molecule has 258 valence electrons. The lowest BCUT2D eigenvalue weighted by atomic mass is 10.0. The van der Waals surface area contributed by atoms with Gasteiger partial charge in [-0.25, -0.2) is 15.0 Å². The summed E-state index contributed by atoms with van der Waals surface area (Å²) in [4.78, 5) is 15.3. The van der Waals surface area contributed by atoms with Gasteiger partial charge in [0, 0.05) is 43.9 Å². The predicted molar refractivity (Wildman–Crippen MR) is 222 cm³/mol. The van der Waals surface area contributed by atoms with Crippen molar-refractivity contribution in [2.75, 3.05) is 0 Å². The summed E-state index contributed by atoms with van der Waals surface area (Å²) in [6, 6.07) is 57.3. The number of unbranched alkanes of at least 4 members (excludes halogenated alkanes) is 1. The highest BCUT2D eigenvalue weighted by Crippen LogP contribution is 2.40. The second-order valence-corrected chi connectivity index (χ2v) is 13.9. The van der Waals surface area contributed by atoms with Crippen LogP contribution in [0.25, 0.3) is 94.7 Å². The monoisotopic (exact) mass is 696 g/mol. The minimum absolute atomic E-state index is 0.628. The van der Waals surface area contributed by atoms with E-state index in [0.717, 1.165) is 78.3 Å². The van der Waals surface area contributed by atoms with Gasteiger partial charge in [0.15, 0.2) is 23.1 Å². The second kappa shape index (κ2) is 13.3. The lowest BCUT2D eigenvalue weighted by molar-refractivity contribution is 0.671. The van der Waals surface area contributed by atoms with Crippen LogP contribution in [0.5, 0.6) is 0 Å². The zero-order chi connectivity index (χ0) is 36.0. The average molecular weight is 697 g/mol. The van der Waals surface area contributed by atoms with Crippen LogP contribution in [-0.2, 0) is 6.42 Å². The summed E-state index contributed by atoms with van der Waals surface area (Å²) in [6.45, 7) is 2.23. The first kappa shape index (κ1) is 31.9. The number of nitrogens with zero attached hydrogens (tertiary/aromatic N) is 4. The molecule has 0 spiro atoms. The largest absolute Gasteiger partial charge is 0.454 e. The van der Waals surface area contributed by atoms with Gasteiger partial charge in [-0.1, -0.05) is 129 Å². The van der Waals surface area contributed by atoms with Crippen molar-refractivity contribution in [3.63, 3.8) is 0 Å². The van der Waals surface area contributed by atoms with Crippen LogP contribution in [0.2, 0.25) is 0 Å². The number of benzene rings is 7. The third-order valence-corrected chi connectivity index (χ3v) is 10.5. The number of para-hydroxylation sites is 2. The summed E-state index contributed by atoms with van der Waals surface area (Å²) in [5.41, 5.74) is 11.4. The number of aromatic nitrogens is 4. The minimum atomic E-state index is 0.628. The fourth-order valence-electron chi connectivity index (χ4n) is 7.69. The first-order valence-corrected chi connectivity index (χ1v) is 18.7. The zero-order valence-corrected chi connectivity index (χ0v) is 29.9. The number of hydrogen-bond donors (Lipinski definition) is 0. The van der Waals surface area contributed by atoms with Crippen molar-refractivity contribution in [2.45, 2.75) is 26.2 Å². The molecule has 0 saturated heterocycles. The Hall–Kier alpha value is -6.85. The van der Waals surface area contributed by atoms with Crippen LogP contribution in [-0.4, -0.2) is 19.5 Å². The van der Waals surface area contributed by atoms with Crippen LogP contribution in [0.3, 0.4) is 0 Å². The van der Waals surface area contributed by atoms with Crippen molar-refractivity contribution in [3.05, 3.63) is 169 Å². The normalized spacial score (nSPS) is 11.6. The molecule has 0 aliphatic rings. The summed E-state index contributed by atoms with van der Waals surface area (Å²) in [7, 11) is 0. The Kier molecular flexibility index (Phi) is 7.84. The first-order valence-electron chi connectivity index (χ1n) is 18.7. The summed E-state index contributed by atoms with van der Waals surface area (Å²) in [6.07, 6.45) is 3.41. The molecule has 0 bridgehead atoms. The molecule has 0 amide bonds. The molecule has 0 radical (unpaired) electrons. The smallest absolute Gasteiger partial charge is 0.164 e. The highest BCUT2D eigenvalue weighted by molar-refractivity contribution is 6.21. The fourth-order valence-corrected chi connectivity index (χ4v) is 7.69. The molecule has 0 unspecified atom stereocenters. The molecular formula is C49H36N4O. The summed E-state index contributed by atoms with van der Waals surface area (Å²) < 4.78 is 8.89. The van der Waals surface area contributed by atoms with E-state index in [0.29, 0.717) is 17.5 Å². The van der Waals surface area contributed by atoms with Gasteiger partial charge in [-0.05, 0) is 78.1 Å². The highest BCUT2D eigenvalue weighted by Gasteiger charge is 2.19. The molecule has 3 heterocycles.